The molecule has 1 amide bonds. The Labute approximate surface area is 349 Å². The fourth-order valence-corrected chi connectivity index (χ4v) is 7.78. The van der Waals surface area contributed by atoms with Gasteiger partial charge in [0.2, 0.25) is 5.91 Å². The molecule has 0 rings (SSSR count). The second-order valence-corrected chi connectivity index (χ2v) is 17.2. The van der Waals surface area contributed by atoms with E-state index in [4.69, 9.17) is 4.74 Å². The predicted molar refractivity (Wildman–Crippen MR) is 241 cm³/mol. The zero-order valence-corrected chi connectivity index (χ0v) is 37.8. The lowest BCUT2D eigenvalue weighted by Gasteiger charge is -2.24. The van der Waals surface area contributed by atoms with E-state index in [1.165, 1.54) is 167 Å². The van der Waals surface area contributed by atoms with Crippen LogP contribution in [-0.4, -0.2) is 46.9 Å². The second-order valence-electron chi connectivity index (χ2n) is 17.2. The highest BCUT2D eigenvalue weighted by molar-refractivity contribution is 5.77. The van der Waals surface area contributed by atoms with Crippen LogP contribution in [0.1, 0.15) is 271 Å². The quantitative estimate of drug-likeness (QED) is 0.0324. The molecule has 0 saturated carbocycles. The monoisotopic (exact) mass is 792 g/mol. The number of allylic oxidation sites excluding steroid dienone is 2. The van der Waals surface area contributed by atoms with Gasteiger partial charge in [-0.3, -0.25) is 9.59 Å². The van der Waals surface area contributed by atoms with Crippen LogP contribution in [-0.2, 0) is 14.3 Å². The third-order valence-electron chi connectivity index (χ3n) is 11.6. The van der Waals surface area contributed by atoms with Crippen molar-refractivity contribution >= 4 is 11.9 Å². The topological polar surface area (TPSA) is 95.9 Å². The maximum Gasteiger partial charge on any atom is 0.306 e. The number of hydrogen-bond donors (Lipinski definition) is 3. The number of esters is 1. The number of aliphatic hydroxyl groups excluding tert-OH is 2. The molecule has 3 unspecified atom stereocenters. The molecule has 6 heteroatoms. The molecule has 332 valence electrons. The molecule has 6 nitrogen and oxygen atoms in total. The van der Waals surface area contributed by atoms with Gasteiger partial charge in [-0.1, -0.05) is 219 Å². The van der Waals surface area contributed by atoms with Crippen LogP contribution < -0.4 is 5.32 Å². The molecule has 0 aliphatic rings. The van der Waals surface area contributed by atoms with E-state index in [0.717, 1.165) is 57.8 Å². The first-order chi connectivity index (χ1) is 27.5. The van der Waals surface area contributed by atoms with Crippen LogP contribution in [0.25, 0.3) is 0 Å². The van der Waals surface area contributed by atoms with Gasteiger partial charge in [0.25, 0.3) is 0 Å². The lowest BCUT2D eigenvalue weighted by molar-refractivity contribution is -0.151. The van der Waals surface area contributed by atoms with Gasteiger partial charge < -0.3 is 20.3 Å². The molecule has 0 heterocycles. The summed E-state index contributed by atoms with van der Waals surface area (Å²) in [5.41, 5.74) is 0. The summed E-state index contributed by atoms with van der Waals surface area (Å²) >= 11 is 0. The number of aliphatic hydroxyl groups is 2. The molecule has 0 aliphatic heterocycles. The van der Waals surface area contributed by atoms with Gasteiger partial charge in [-0.2, -0.15) is 0 Å². The Morgan fingerprint density at radius 3 is 1.27 bits per heavy atom. The first kappa shape index (κ1) is 54.6. The fraction of sp³-hybridized carbons (Fsp3) is 0.920. The zero-order valence-electron chi connectivity index (χ0n) is 37.8. The van der Waals surface area contributed by atoms with Gasteiger partial charge in [-0.15, -0.1) is 0 Å². The maximum absolute atomic E-state index is 13.1. The van der Waals surface area contributed by atoms with Gasteiger partial charge in [0.15, 0.2) is 0 Å². The molecule has 0 aromatic rings. The minimum atomic E-state index is -0.782. The minimum absolute atomic E-state index is 0.0783. The van der Waals surface area contributed by atoms with Gasteiger partial charge in [0, 0.05) is 6.42 Å². The molecule has 0 bridgehead atoms. The smallest absolute Gasteiger partial charge is 0.306 e. The summed E-state index contributed by atoms with van der Waals surface area (Å²) in [5.74, 6) is -0.478. The van der Waals surface area contributed by atoms with Crippen LogP contribution in [0.4, 0.5) is 0 Å². The molecular weight excluding hydrogens is 695 g/mol. The van der Waals surface area contributed by atoms with Crippen molar-refractivity contribution in [2.75, 3.05) is 6.61 Å². The number of nitrogens with one attached hydrogen (secondary N) is 1. The van der Waals surface area contributed by atoms with E-state index in [0.29, 0.717) is 19.3 Å². The van der Waals surface area contributed by atoms with Gasteiger partial charge >= 0.3 is 5.97 Å². The van der Waals surface area contributed by atoms with Crippen molar-refractivity contribution in [2.24, 2.45) is 0 Å². The molecule has 3 atom stereocenters. The summed E-state index contributed by atoms with van der Waals surface area (Å²) in [6, 6.07) is -0.696. The average molecular weight is 792 g/mol. The molecule has 3 N–H and O–H groups in total. The summed E-state index contributed by atoms with van der Waals surface area (Å²) in [4.78, 5) is 26.0. The Bertz CT molecular complexity index is 847. The normalized spacial score (nSPS) is 13.3. The standard InChI is InChI=1S/C50H97NO5/c1-4-7-10-13-16-19-21-23-25-27-30-32-35-38-41-46(56-50(55)43-40-37-34-31-28-26-24-22-20-17-14-11-8-5-2)44-49(54)51-47(45-52)48(53)42-39-36-33-29-18-15-12-9-6-3/h26,28,46-48,52-53H,4-25,27,29-45H2,1-3H3,(H,51,54)/b28-26-. The lowest BCUT2D eigenvalue weighted by Crippen LogP contribution is -2.46. The summed E-state index contributed by atoms with van der Waals surface area (Å²) in [6.45, 7) is 6.47. The second kappa shape index (κ2) is 44.7. The van der Waals surface area contributed by atoms with Crippen LogP contribution in [0.3, 0.4) is 0 Å². The molecule has 0 saturated heterocycles. The fourth-order valence-electron chi connectivity index (χ4n) is 7.78. The summed E-state index contributed by atoms with van der Waals surface area (Å²) in [5, 5.41) is 23.6. The van der Waals surface area contributed by atoms with Crippen molar-refractivity contribution < 1.29 is 24.5 Å². The van der Waals surface area contributed by atoms with Crippen molar-refractivity contribution in [3.63, 3.8) is 0 Å². The molecule has 0 aliphatic carbocycles. The molecule has 0 aromatic heterocycles. The van der Waals surface area contributed by atoms with Gasteiger partial charge in [-0.05, 0) is 51.4 Å². The molecule has 56 heavy (non-hydrogen) atoms. The Morgan fingerprint density at radius 2 is 0.857 bits per heavy atom. The van der Waals surface area contributed by atoms with Gasteiger partial charge in [0.05, 0.1) is 25.2 Å². The SMILES string of the molecule is CCCCCCCCC/C=C\CCCCCC(=O)OC(CCCCCCCCCCCCCCCC)CC(=O)NC(CO)C(O)CCCCCCCCCCC. The summed E-state index contributed by atoms with van der Waals surface area (Å²) in [6.07, 6.45) is 48.4. The Kier molecular flexibility index (Phi) is 43.6. The number of rotatable bonds is 45. The van der Waals surface area contributed by atoms with Crippen LogP contribution >= 0.6 is 0 Å². The van der Waals surface area contributed by atoms with E-state index in [1.807, 2.05) is 0 Å². The number of ether oxygens (including phenoxy) is 1. The highest BCUT2D eigenvalue weighted by atomic mass is 16.5. The Morgan fingerprint density at radius 1 is 0.500 bits per heavy atom. The highest BCUT2D eigenvalue weighted by Crippen LogP contribution is 2.18. The van der Waals surface area contributed by atoms with E-state index in [2.05, 4.69) is 38.2 Å². The van der Waals surface area contributed by atoms with Crippen LogP contribution in [0.15, 0.2) is 12.2 Å². The number of hydrogen-bond acceptors (Lipinski definition) is 5. The molecule has 0 radical (unpaired) electrons. The predicted octanol–water partition coefficient (Wildman–Crippen LogP) is 14.6. The van der Waals surface area contributed by atoms with Crippen LogP contribution in [0.2, 0.25) is 0 Å². The first-order valence-electron chi connectivity index (χ1n) is 24.9. The molecule has 0 fully saturated rings. The van der Waals surface area contributed by atoms with Crippen molar-refractivity contribution in [3.05, 3.63) is 12.2 Å². The summed E-state index contributed by atoms with van der Waals surface area (Å²) in [7, 11) is 0. The summed E-state index contributed by atoms with van der Waals surface area (Å²) < 4.78 is 5.92. The highest BCUT2D eigenvalue weighted by Gasteiger charge is 2.24. The Hall–Kier alpha value is -1.40. The van der Waals surface area contributed by atoms with Crippen molar-refractivity contribution in [3.8, 4) is 0 Å². The van der Waals surface area contributed by atoms with Gasteiger partial charge in [0.1, 0.15) is 6.10 Å². The number of carbonyl (C=O) groups is 2. The van der Waals surface area contributed by atoms with Crippen molar-refractivity contribution in [2.45, 2.75) is 289 Å². The number of carbonyl (C=O) groups excluding carboxylic acids is 2. The maximum atomic E-state index is 13.1. The van der Waals surface area contributed by atoms with Crippen molar-refractivity contribution in [1.29, 1.82) is 0 Å². The van der Waals surface area contributed by atoms with E-state index in [-0.39, 0.29) is 24.9 Å². The van der Waals surface area contributed by atoms with E-state index in [1.54, 1.807) is 0 Å². The van der Waals surface area contributed by atoms with E-state index < -0.39 is 18.2 Å². The Balaban J connectivity index is 4.57. The van der Waals surface area contributed by atoms with E-state index >= 15 is 0 Å². The number of amides is 1. The van der Waals surface area contributed by atoms with Crippen LogP contribution in [0, 0.1) is 0 Å². The van der Waals surface area contributed by atoms with Gasteiger partial charge in [-0.25, -0.2) is 0 Å². The molecule has 0 aromatic carbocycles. The molecule has 0 spiro atoms. The van der Waals surface area contributed by atoms with E-state index in [9.17, 15) is 19.8 Å². The van der Waals surface area contributed by atoms with Crippen LogP contribution in [0.5, 0.6) is 0 Å². The largest absolute Gasteiger partial charge is 0.462 e. The third-order valence-corrected chi connectivity index (χ3v) is 11.6. The minimum Gasteiger partial charge on any atom is -0.462 e. The lowest BCUT2D eigenvalue weighted by atomic mass is 10.0. The zero-order chi connectivity index (χ0) is 41.0. The van der Waals surface area contributed by atoms with Crippen molar-refractivity contribution in [1.82, 2.24) is 5.32 Å². The first-order valence-corrected chi connectivity index (χ1v) is 24.9. The number of unbranched alkanes of at least 4 members (excludes halogenated alkanes) is 31. The average Bonchev–Trinajstić information content (AvgIpc) is 3.19. The third kappa shape index (κ3) is 39.4. The molecular formula is C50H97NO5.